The Morgan fingerprint density at radius 1 is 1.03 bits per heavy atom. The van der Waals surface area contributed by atoms with Gasteiger partial charge in [-0.3, -0.25) is 4.79 Å². The largest absolute Gasteiger partial charge is 0.328 e. The number of amides is 1. The molecule has 3 rings (SSSR count). The number of imidazole rings is 1. The van der Waals surface area contributed by atoms with Gasteiger partial charge in [0.1, 0.15) is 5.82 Å². The van der Waals surface area contributed by atoms with E-state index in [1.807, 2.05) is 16.7 Å². The van der Waals surface area contributed by atoms with Gasteiger partial charge in [0.15, 0.2) is 0 Å². The molecule has 0 aliphatic heterocycles. The van der Waals surface area contributed by atoms with E-state index in [1.165, 1.54) is 37.0 Å². The smallest absolute Gasteiger partial charge is 0.238 e. The molecule has 0 radical (unpaired) electrons. The molecule has 1 amide bonds. The standard InChI is InChI=1S/C24H32N4O3S/c1-3-5-6-7-18-8-10-19(11-9-18)26-24(29)15-14-23-27-21-17-20(32(25,30)31)12-13-22(21)28(23)16-4-2/h8-13,17H,3-7,14-16H2,1-2H3,(H,26,29)(H2,25,30,31). The molecule has 0 bridgehead atoms. The van der Waals surface area contributed by atoms with E-state index in [-0.39, 0.29) is 17.2 Å². The van der Waals surface area contributed by atoms with Gasteiger partial charge in [-0.05, 0) is 55.2 Å². The van der Waals surface area contributed by atoms with Crippen molar-refractivity contribution in [3.8, 4) is 0 Å². The van der Waals surface area contributed by atoms with Crippen molar-refractivity contribution >= 4 is 32.7 Å². The number of primary sulfonamides is 1. The zero-order chi connectivity index (χ0) is 23.1. The Balaban J connectivity index is 1.66. The number of carbonyl (C=O) groups is 1. The lowest BCUT2D eigenvalue weighted by molar-refractivity contribution is -0.116. The van der Waals surface area contributed by atoms with Crippen LogP contribution in [0.3, 0.4) is 0 Å². The molecule has 2 aromatic carbocycles. The molecular weight excluding hydrogens is 424 g/mol. The van der Waals surface area contributed by atoms with E-state index in [4.69, 9.17) is 5.14 Å². The zero-order valence-corrected chi connectivity index (χ0v) is 19.6. The van der Waals surface area contributed by atoms with Crippen molar-refractivity contribution in [1.82, 2.24) is 9.55 Å². The third kappa shape index (κ3) is 6.17. The molecule has 3 N–H and O–H groups in total. The summed E-state index contributed by atoms with van der Waals surface area (Å²) in [5, 5.41) is 8.20. The van der Waals surface area contributed by atoms with Crippen molar-refractivity contribution in [2.24, 2.45) is 5.14 Å². The molecule has 3 aromatic rings. The molecule has 32 heavy (non-hydrogen) atoms. The van der Waals surface area contributed by atoms with Crippen LogP contribution in [0.15, 0.2) is 47.4 Å². The van der Waals surface area contributed by atoms with Crippen LogP contribution in [0.2, 0.25) is 0 Å². The molecule has 0 saturated carbocycles. The number of rotatable bonds is 11. The van der Waals surface area contributed by atoms with E-state index in [0.717, 1.165) is 36.4 Å². The predicted octanol–water partition coefficient (Wildman–Crippen LogP) is 4.40. The number of anilines is 1. The second kappa shape index (κ2) is 10.7. The summed E-state index contributed by atoms with van der Waals surface area (Å²) in [4.78, 5) is 17.1. The lowest BCUT2D eigenvalue weighted by atomic mass is 10.1. The maximum absolute atomic E-state index is 12.5. The summed E-state index contributed by atoms with van der Waals surface area (Å²) >= 11 is 0. The highest BCUT2D eigenvalue weighted by molar-refractivity contribution is 7.89. The van der Waals surface area contributed by atoms with E-state index >= 15 is 0 Å². The van der Waals surface area contributed by atoms with Gasteiger partial charge in [-0.15, -0.1) is 0 Å². The van der Waals surface area contributed by atoms with Crippen LogP contribution in [-0.4, -0.2) is 23.9 Å². The van der Waals surface area contributed by atoms with Crippen LogP contribution in [0.25, 0.3) is 11.0 Å². The first-order valence-electron chi connectivity index (χ1n) is 11.2. The highest BCUT2D eigenvalue weighted by Gasteiger charge is 2.15. The van der Waals surface area contributed by atoms with E-state index in [1.54, 1.807) is 6.07 Å². The van der Waals surface area contributed by atoms with E-state index < -0.39 is 10.0 Å². The van der Waals surface area contributed by atoms with Gasteiger partial charge in [0.25, 0.3) is 0 Å². The molecule has 1 aromatic heterocycles. The molecule has 0 aliphatic rings. The fourth-order valence-corrected chi connectivity index (χ4v) is 4.32. The fourth-order valence-electron chi connectivity index (χ4n) is 3.78. The lowest BCUT2D eigenvalue weighted by Crippen LogP contribution is -2.14. The summed E-state index contributed by atoms with van der Waals surface area (Å²) in [6, 6.07) is 12.7. The van der Waals surface area contributed by atoms with Crippen LogP contribution < -0.4 is 10.5 Å². The van der Waals surface area contributed by atoms with Gasteiger partial charge >= 0.3 is 0 Å². The van der Waals surface area contributed by atoms with Crippen LogP contribution in [0, 0.1) is 0 Å². The van der Waals surface area contributed by atoms with Crippen LogP contribution in [0.5, 0.6) is 0 Å². The first-order chi connectivity index (χ1) is 15.3. The molecule has 7 nitrogen and oxygen atoms in total. The summed E-state index contributed by atoms with van der Waals surface area (Å²) in [7, 11) is -3.79. The normalized spacial score (nSPS) is 11.7. The molecule has 1 heterocycles. The quantitative estimate of drug-likeness (QED) is 0.417. The van der Waals surface area contributed by atoms with Crippen LogP contribution in [0.4, 0.5) is 5.69 Å². The molecule has 0 atom stereocenters. The number of benzene rings is 2. The maximum atomic E-state index is 12.5. The highest BCUT2D eigenvalue weighted by Crippen LogP contribution is 2.21. The summed E-state index contributed by atoms with van der Waals surface area (Å²) in [5.41, 5.74) is 3.48. The van der Waals surface area contributed by atoms with E-state index in [0.29, 0.717) is 11.9 Å². The lowest BCUT2D eigenvalue weighted by Gasteiger charge is -2.09. The number of fused-ring (bicyclic) bond motifs is 1. The third-order valence-electron chi connectivity index (χ3n) is 5.46. The number of unbranched alkanes of at least 4 members (excludes halogenated alkanes) is 2. The molecule has 0 saturated heterocycles. The minimum Gasteiger partial charge on any atom is -0.328 e. The van der Waals surface area contributed by atoms with Gasteiger partial charge in [0.05, 0.1) is 15.9 Å². The number of nitrogens with one attached hydrogen (secondary N) is 1. The van der Waals surface area contributed by atoms with Crippen LogP contribution >= 0.6 is 0 Å². The van der Waals surface area contributed by atoms with Gasteiger partial charge in [-0.25, -0.2) is 18.5 Å². The number of carbonyl (C=O) groups excluding carboxylic acids is 1. The van der Waals surface area contributed by atoms with Gasteiger partial charge in [0.2, 0.25) is 15.9 Å². The summed E-state index contributed by atoms with van der Waals surface area (Å²) in [5.74, 6) is 0.680. The number of nitrogens with two attached hydrogens (primary N) is 1. The SMILES string of the molecule is CCCCCc1ccc(NC(=O)CCc2nc3cc(S(N)(=O)=O)ccc3n2CCC)cc1. The van der Waals surface area contributed by atoms with Gasteiger partial charge in [-0.1, -0.05) is 38.8 Å². The Morgan fingerprint density at radius 2 is 1.78 bits per heavy atom. The van der Waals surface area contributed by atoms with Gasteiger partial charge in [0, 0.05) is 25.1 Å². The van der Waals surface area contributed by atoms with Crippen LogP contribution in [-0.2, 0) is 34.2 Å². The number of sulfonamides is 1. The molecule has 0 aliphatic carbocycles. The van der Waals surface area contributed by atoms with Crippen molar-refractivity contribution in [2.75, 3.05) is 5.32 Å². The number of nitrogens with zero attached hydrogens (tertiary/aromatic N) is 2. The topological polar surface area (TPSA) is 107 Å². The average molecular weight is 457 g/mol. The zero-order valence-electron chi connectivity index (χ0n) is 18.8. The van der Waals surface area contributed by atoms with E-state index in [2.05, 4.69) is 36.3 Å². The molecule has 172 valence electrons. The maximum Gasteiger partial charge on any atom is 0.238 e. The number of hydrogen-bond donors (Lipinski definition) is 2. The minimum atomic E-state index is -3.79. The van der Waals surface area contributed by atoms with Crippen molar-refractivity contribution in [2.45, 2.75) is 70.2 Å². The predicted molar refractivity (Wildman–Crippen MR) is 128 cm³/mol. The Hall–Kier alpha value is -2.71. The number of aromatic nitrogens is 2. The van der Waals surface area contributed by atoms with Crippen LogP contribution in [0.1, 0.15) is 57.3 Å². The summed E-state index contributed by atoms with van der Waals surface area (Å²) in [6.45, 7) is 4.99. The van der Waals surface area contributed by atoms with Crippen molar-refractivity contribution in [3.05, 3.63) is 53.9 Å². The fraction of sp³-hybridized carbons (Fsp3) is 0.417. The summed E-state index contributed by atoms with van der Waals surface area (Å²) in [6.07, 6.45) is 6.31. The second-order valence-electron chi connectivity index (χ2n) is 8.08. The van der Waals surface area contributed by atoms with Gasteiger partial charge < -0.3 is 9.88 Å². The first-order valence-corrected chi connectivity index (χ1v) is 12.8. The van der Waals surface area contributed by atoms with Crippen molar-refractivity contribution in [3.63, 3.8) is 0 Å². The van der Waals surface area contributed by atoms with Gasteiger partial charge in [-0.2, -0.15) is 0 Å². The summed E-state index contributed by atoms with van der Waals surface area (Å²) < 4.78 is 25.4. The Bertz CT molecular complexity index is 1170. The molecule has 8 heteroatoms. The van der Waals surface area contributed by atoms with Crippen molar-refractivity contribution in [1.29, 1.82) is 0 Å². The second-order valence-corrected chi connectivity index (χ2v) is 9.64. The Kier molecular flexibility index (Phi) is 8.04. The minimum absolute atomic E-state index is 0.0357. The average Bonchev–Trinajstić information content (AvgIpc) is 3.10. The van der Waals surface area contributed by atoms with Crippen molar-refractivity contribution < 1.29 is 13.2 Å². The number of aryl methyl sites for hydroxylation is 3. The first kappa shape index (κ1) is 23.9. The van der Waals surface area contributed by atoms with E-state index in [9.17, 15) is 13.2 Å². The Labute approximate surface area is 190 Å². The highest BCUT2D eigenvalue weighted by atomic mass is 32.2. The third-order valence-corrected chi connectivity index (χ3v) is 6.37. The number of hydrogen-bond acceptors (Lipinski definition) is 4. The monoisotopic (exact) mass is 456 g/mol. The molecule has 0 fully saturated rings. The Morgan fingerprint density at radius 3 is 2.44 bits per heavy atom. The molecule has 0 unspecified atom stereocenters. The molecular formula is C24H32N4O3S. The molecule has 0 spiro atoms.